The normalized spacial score (nSPS) is 19.8. The summed E-state index contributed by atoms with van der Waals surface area (Å²) in [4.78, 5) is 16.2. The Bertz CT molecular complexity index is 696. The predicted molar refractivity (Wildman–Crippen MR) is 96.1 cm³/mol. The van der Waals surface area contributed by atoms with Crippen molar-refractivity contribution < 1.29 is 9.53 Å². The molecule has 1 aliphatic heterocycles. The van der Waals surface area contributed by atoms with Crippen molar-refractivity contribution in [2.24, 2.45) is 5.73 Å². The fourth-order valence-electron chi connectivity index (χ4n) is 2.51. The molecule has 1 aromatic carbocycles. The minimum Gasteiger partial charge on any atom is -0.364 e. The summed E-state index contributed by atoms with van der Waals surface area (Å²) in [6, 6.07) is 7.94. The van der Waals surface area contributed by atoms with Gasteiger partial charge in [0, 0.05) is 11.0 Å². The summed E-state index contributed by atoms with van der Waals surface area (Å²) in [6.07, 6.45) is 2.56. The third-order valence-electron chi connectivity index (χ3n) is 3.67. The Morgan fingerprint density at radius 2 is 2.29 bits per heavy atom. The summed E-state index contributed by atoms with van der Waals surface area (Å²) in [5.41, 5.74) is 6.64. The molecule has 0 unspecified atom stereocenters. The Hall–Kier alpha value is -1.48. The number of ether oxygens (including phenoxy) is 1. The van der Waals surface area contributed by atoms with Crippen LogP contribution in [-0.2, 0) is 16.1 Å². The van der Waals surface area contributed by atoms with Crippen molar-refractivity contribution in [2.45, 2.75) is 31.6 Å². The SMILES string of the molecule is Cl.NC[C@H]1CC[C@@H](C(=O)Nc2ncn(Cc3cccc(Br)c3)n2)O1. The quantitative estimate of drug-likeness (QED) is 0.777. The number of hydrogen-bond donors (Lipinski definition) is 2. The maximum absolute atomic E-state index is 12.1. The van der Waals surface area contributed by atoms with E-state index in [9.17, 15) is 4.79 Å². The molecule has 0 aliphatic carbocycles. The van der Waals surface area contributed by atoms with Crippen LogP contribution in [0.3, 0.4) is 0 Å². The van der Waals surface area contributed by atoms with Crippen molar-refractivity contribution in [2.75, 3.05) is 11.9 Å². The lowest BCUT2D eigenvalue weighted by Crippen LogP contribution is -2.30. The number of carbonyl (C=O) groups is 1. The third-order valence-corrected chi connectivity index (χ3v) is 4.16. The lowest BCUT2D eigenvalue weighted by molar-refractivity contribution is -0.126. The van der Waals surface area contributed by atoms with Crippen LogP contribution in [0.25, 0.3) is 0 Å². The first-order valence-corrected chi connectivity index (χ1v) is 8.23. The smallest absolute Gasteiger partial charge is 0.255 e. The second kappa shape index (κ2) is 8.57. The fraction of sp³-hybridized carbons (Fsp3) is 0.400. The lowest BCUT2D eigenvalue weighted by Gasteiger charge is -2.10. The molecule has 0 spiro atoms. The predicted octanol–water partition coefficient (Wildman–Crippen LogP) is 1.96. The van der Waals surface area contributed by atoms with Crippen molar-refractivity contribution in [1.29, 1.82) is 0 Å². The topological polar surface area (TPSA) is 95.1 Å². The molecule has 1 fully saturated rings. The molecule has 2 aromatic rings. The first-order chi connectivity index (χ1) is 11.1. The average molecular weight is 417 g/mol. The van der Waals surface area contributed by atoms with Gasteiger partial charge in [-0.2, -0.15) is 0 Å². The third kappa shape index (κ3) is 4.76. The summed E-state index contributed by atoms with van der Waals surface area (Å²) in [5, 5.41) is 6.95. The van der Waals surface area contributed by atoms with Gasteiger partial charge in [0.25, 0.3) is 5.91 Å². The minimum absolute atomic E-state index is 0. The van der Waals surface area contributed by atoms with Crippen molar-refractivity contribution in [3.63, 3.8) is 0 Å². The van der Waals surface area contributed by atoms with Gasteiger partial charge in [0.15, 0.2) is 0 Å². The zero-order valence-electron chi connectivity index (χ0n) is 12.9. The second-order valence-corrected chi connectivity index (χ2v) is 6.36. The highest BCUT2D eigenvalue weighted by molar-refractivity contribution is 9.10. The molecule has 0 bridgehead atoms. The number of benzene rings is 1. The molecule has 0 radical (unpaired) electrons. The van der Waals surface area contributed by atoms with Crippen LogP contribution in [0, 0.1) is 0 Å². The molecule has 3 N–H and O–H groups in total. The second-order valence-electron chi connectivity index (χ2n) is 5.44. The highest BCUT2D eigenvalue weighted by Crippen LogP contribution is 2.20. The highest BCUT2D eigenvalue weighted by Gasteiger charge is 2.30. The van der Waals surface area contributed by atoms with Crippen LogP contribution >= 0.6 is 28.3 Å². The first-order valence-electron chi connectivity index (χ1n) is 7.44. The number of halogens is 2. The molecule has 1 aliphatic rings. The number of carbonyl (C=O) groups excluding carboxylic acids is 1. The van der Waals surface area contributed by atoms with Crippen molar-refractivity contribution in [3.05, 3.63) is 40.6 Å². The van der Waals surface area contributed by atoms with Gasteiger partial charge in [-0.15, -0.1) is 17.5 Å². The molecule has 0 saturated carbocycles. The number of nitrogens with two attached hydrogens (primary N) is 1. The van der Waals surface area contributed by atoms with Crippen LogP contribution in [-0.4, -0.2) is 39.4 Å². The number of rotatable bonds is 5. The summed E-state index contributed by atoms with van der Waals surface area (Å²) in [5.74, 6) is 0.0611. The van der Waals surface area contributed by atoms with Crippen LogP contribution in [0.15, 0.2) is 35.1 Å². The summed E-state index contributed by atoms with van der Waals surface area (Å²) in [7, 11) is 0. The van der Waals surface area contributed by atoms with Gasteiger partial charge in [0.2, 0.25) is 5.95 Å². The maximum Gasteiger partial charge on any atom is 0.255 e. The maximum atomic E-state index is 12.1. The first kappa shape index (κ1) is 18.9. The molecule has 24 heavy (non-hydrogen) atoms. The van der Waals surface area contributed by atoms with E-state index in [0.29, 0.717) is 19.5 Å². The number of hydrogen-bond acceptors (Lipinski definition) is 5. The van der Waals surface area contributed by atoms with E-state index >= 15 is 0 Å². The van der Waals surface area contributed by atoms with E-state index in [-0.39, 0.29) is 30.4 Å². The van der Waals surface area contributed by atoms with Gasteiger partial charge in [0.1, 0.15) is 12.4 Å². The van der Waals surface area contributed by atoms with Gasteiger partial charge in [-0.1, -0.05) is 28.1 Å². The summed E-state index contributed by atoms with van der Waals surface area (Å²) in [6.45, 7) is 1.01. The van der Waals surface area contributed by atoms with E-state index in [0.717, 1.165) is 16.5 Å². The Labute approximate surface area is 154 Å². The number of nitrogens with zero attached hydrogens (tertiary/aromatic N) is 3. The van der Waals surface area contributed by atoms with Crippen LogP contribution in [0.2, 0.25) is 0 Å². The molecule has 2 heterocycles. The number of anilines is 1. The lowest BCUT2D eigenvalue weighted by atomic mass is 10.2. The zero-order chi connectivity index (χ0) is 16.2. The number of nitrogens with one attached hydrogen (secondary N) is 1. The van der Waals surface area contributed by atoms with Gasteiger partial charge < -0.3 is 10.5 Å². The number of aromatic nitrogens is 3. The molecule has 9 heteroatoms. The Morgan fingerprint density at radius 1 is 1.46 bits per heavy atom. The van der Waals surface area contributed by atoms with Crippen molar-refractivity contribution >= 4 is 40.2 Å². The molecule has 7 nitrogen and oxygen atoms in total. The monoisotopic (exact) mass is 415 g/mol. The van der Waals surface area contributed by atoms with Crippen LogP contribution in [0.1, 0.15) is 18.4 Å². The van der Waals surface area contributed by atoms with E-state index in [1.54, 1.807) is 11.0 Å². The standard InChI is InChI=1S/C15H18BrN5O2.ClH/c16-11-3-1-2-10(6-11)8-21-9-18-15(20-21)19-14(22)13-5-4-12(7-17)23-13;/h1-3,6,9,12-13H,4-5,7-8,17H2,(H,19,20,22);1H/t12-,13+;/m1./s1. The van der Waals surface area contributed by atoms with Gasteiger partial charge in [-0.05, 0) is 30.5 Å². The van der Waals surface area contributed by atoms with E-state index in [4.69, 9.17) is 10.5 Å². The molecule has 130 valence electrons. The van der Waals surface area contributed by atoms with Gasteiger partial charge in [-0.25, -0.2) is 9.67 Å². The van der Waals surface area contributed by atoms with E-state index in [1.165, 1.54) is 0 Å². The van der Waals surface area contributed by atoms with Crippen LogP contribution in [0.4, 0.5) is 5.95 Å². The zero-order valence-corrected chi connectivity index (χ0v) is 15.3. The van der Waals surface area contributed by atoms with E-state index in [1.807, 2.05) is 24.3 Å². The van der Waals surface area contributed by atoms with Crippen molar-refractivity contribution in [3.8, 4) is 0 Å². The molecular formula is C15H19BrClN5O2. The summed E-state index contributed by atoms with van der Waals surface area (Å²) < 4.78 is 8.24. The molecule has 3 rings (SSSR count). The largest absolute Gasteiger partial charge is 0.364 e. The van der Waals surface area contributed by atoms with Gasteiger partial charge >= 0.3 is 0 Å². The van der Waals surface area contributed by atoms with Crippen LogP contribution < -0.4 is 11.1 Å². The van der Waals surface area contributed by atoms with E-state index < -0.39 is 6.10 Å². The Morgan fingerprint density at radius 3 is 3.00 bits per heavy atom. The van der Waals surface area contributed by atoms with Crippen LogP contribution in [0.5, 0.6) is 0 Å². The average Bonchev–Trinajstić information content (AvgIpc) is 3.16. The minimum atomic E-state index is -0.472. The highest BCUT2D eigenvalue weighted by atomic mass is 79.9. The van der Waals surface area contributed by atoms with Crippen molar-refractivity contribution in [1.82, 2.24) is 14.8 Å². The molecule has 1 saturated heterocycles. The molecule has 1 aromatic heterocycles. The van der Waals surface area contributed by atoms with Gasteiger partial charge in [-0.3, -0.25) is 10.1 Å². The van der Waals surface area contributed by atoms with E-state index in [2.05, 4.69) is 31.3 Å². The van der Waals surface area contributed by atoms with Gasteiger partial charge in [0.05, 0.1) is 12.6 Å². The fourth-order valence-corrected chi connectivity index (χ4v) is 2.96. The summed E-state index contributed by atoms with van der Waals surface area (Å²) >= 11 is 3.44. The molecule has 1 amide bonds. The Kier molecular flexibility index (Phi) is 6.73. The molecular weight excluding hydrogens is 398 g/mol. The Balaban J connectivity index is 0.00000208. The number of amides is 1. The molecule has 2 atom stereocenters.